The largest absolute Gasteiger partial charge is 0.379 e. The molecule has 1 aliphatic heterocycles. The molecule has 2 aromatic rings. The Hall–Kier alpha value is -0.750. The number of aromatic nitrogens is 2. The fourth-order valence-corrected chi connectivity index (χ4v) is 3.92. The second kappa shape index (κ2) is 6.16. The number of fused-ring (bicyclic) bond motifs is 1. The molecule has 21 heavy (non-hydrogen) atoms. The van der Waals surface area contributed by atoms with Crippen LogP contribution >= 0.6 is 22.9 Å². The fourth-order valence-electron chi connectivity index (χ4n) is 2.55. The summed E-state index contributed by atoms with van der Waals surface area (Å²) in [5.41, 5.74) is 0.118. The Morgan fingerprint density at radius 2 is 2.10 bits per heavy atom. The molecule has 0 N–H and O–H groups in total. The monoisotopic (exact) mass is 325 g/mol. The van der Waals surface area contributed by atoms with Gasteiger partial charge in [-0.25, -0.2) is 9.97 Å². The zero-order valence-corrected chi connectivity index (χ0v) is 14.0. The average molecular weight is 326 g/mol. The number of nitrogens with zero attached hydrogens (tertiary/aromatic N) is 3. The molecule has 1 aliphatic rings. The van der Waals surface area contributed by atoms with E-state index in [1.165, 1.54) is 11.2 Å². The molecular formula is C15H20ClN3OS. The molecule has 0 radical (unpaired) electrons. The molecule has 0 spiro atoms. The van der Waals surface area contributed by atoms with Gasteiger partial charge in [0.25, 0.3) is 0 Å². The molecule has 0 bridgehead atoms. The summed E-state index contributed by atoms with van der Waals surface area (Å²) in [7, 11) is 0. The van der Waals surface area contributed by atoms with E-state index in [0.717, 1.165) is 49.5 Å². The SMILES string of the molecule is CC(C)(CCN1CCOCC1)c1cc2c(Cl)ncnc2s1. The second-order valence-electron chi connectivity index (χ2n) is 6.08. The summed E-state index contributed by atoms with van der Waals surface area (Å²) >= 11 is 7.88. The molecule has 0 unspecified atom stereocenters. The van der Waals surface area contributed by atoms with E-state index in [9.17, 15) is 0 Å². The van der Waals surface area contributed by atoms with Crippen LogP contribution in [0.1, 0.15) is 25.1 Å². The summed E-state index contributed by atoms with van der Waals surface area (Å²) in [5, 5.41) is 1.52. The van der Waals surface area contributed by atoms with Crippen molar-refractivity contribution in [2.24, 2.45) is 0 Å². The molecule has 0 amide bonds. The van der Waals surface area contributed by atoms with Gasteiger partial charge in [-0.15, -0.1) is 11.3 Å². The van der Waals surface area contributed by atoms with Crippen molar-refractivity contribution in [2.75, 3.05) is 32.8 Å². The summed E-state index contributed by atoms with van der Waals surface area (Å²) in [4.78, 5) is 13.2. The molecule has 6 heteroatoms. The Kier molecular flexibility index (Phi) is 4.45. The van der Waals surface area contributed by atoms with Crippen LogP contribution in [-0.2, 0) is 10.2 Å². The first kappa shape index (κ1) is 15.2. The summed E-state index contributed by atoms with van der Waals surface area (Å²) in [6, 6.07) is 2.15. The van der Waals surface area contributed by atoms with E-state index >= 15 is 0 Å². The van der Waals surface area contributed by atoms with Gasteiger partial charge in [-0.3, -0.25) is 4.90 Å². The van der Waals surface area contributed by atoms with E-state index in [-0.39, 0.29) is 5.41 Å². The van der Waals surface area contributed by atoms with E-state index < -0.39 is 0 Å². The molecule has 4 nitrogen and oxygen atoms in total. The molecule has 114 valence electrons. The summed E-state index contributed by atoms with van der Waals surface area (Å²) in [5.74, 6) is 0. The molecule has 3 rings (SSSR count). The highest BCUT2D eigenvalue weighted by Crippen LogP contribution is 2.37. The molecule has 0 aliphatic carbocycles. The molecule has 3 heterocycles. The van der Waals surface area contributed by atoms with Crippen molar-refractivity contribution in [2.45, 2.75) is 25.7 Å². The number of hydrogen-bond donors (Lipinski definition) is 0. The number of halogens is 1. The number of rotatable bonds is 4. The third-order valence-electron chi connectivity index (χ3n) is 4.10. The van der Waals surface area contributed by atoms with Crippen LogP contribution in [0.3, 0.4) is 0 Å². The quantitative estimate of drug-likeness (QED) is 0.808. The van der Waals surface area contributed by atoms with Crippen LogP contribution in [0.5, 0.6) is 0 Å². The van der Waals surface area contributed by atoms with Gasteiger partial charge in [-0.2, -0.15) is 0 Å². The van der Waals surface area contributed by atoms with Gasteiger partial charge in [0.1, 0.15) is 16.3 Å². The number of hydrogen-bond acceptors (Lipinski definition) is 5. The molecule has 1 saturated heterocycles. The predicted molar refractivity (Wildman–Crippen MR) is 87.3 cm³/mol. The lowest BCUT2D eigenvalue weighted by Crippen LogP contribution is -2.38. The van der Waals surface area contributed by atoms with Gasteiger partial charge in [0, 0.05) is 28.8 Å². The Labute approximate surface area is 134 Å². The minimum Gasteiger partial charge on any atom is -0.379 e. The lowest BCUT2D eigenvalue weighted by Gasteiger charge is -2.31. The molecule has 1 fully saturated rings. The van der Waals surface area contributed by atoms with Crippen molar-refractivity contribution < 1.29 is 4.74 Å². The molecule has 0 saturated carbocycles. The molecular weight excluding hydrogens is 306 g/mol. The maximum absolute atomic E-state index is 6.15. The lowest BCUT2D eigenvalue weighted by molar-refractivity contribution is 0.0351. The Morgan fingerprint density at radius 3 is 2.81 bits per heavy atom. The fraction of sp³-hybridized carbons (Fsp3) is 0.600. The van der Waals surface area contributed by atoms with Crippen molar-refractivity contribution in [1.29, 1.82) is 0 Å². The highest BCUT2D eigenvalue weighted by Gasteiger charge is 2.25. The normalized spacial score (nSPS) is 17.5. The lowest BCUT2D eigenvalue weighted by atomic mass is 9.87. The van der Waals surface area contributed by atoms with Crippen molar-refractivity contribution in [1.82, 2.24) is 14.9 Å². The Balaban J connectivity index is 1.74. The minimum atomic E-state index is 0.118. The molecule has 0 atom stereocenters. The van der Waals surface area contributed by atoms with E-state index in [2.05, 4.69) is 34.8 Å². The van der Waals surface area contributed by atoms with Crippen molar-refractivity contribution in [3.05, 3.63) is 22.4 Å². The highest BCUT2D eigenvalue weighted by molar-refractivity contribution is 7.18. The highest BCUT2D eigenvalue weighted by atomic mass is 35.5. The van der Waals surface area contributed by atoms with Gasteiger partial charge >= 0.3 is 0 Å². The van der Waals surface area contributed by atoms with Gasteiger partial charge in [0.15, 0.2) is 0 Å². The van der Waals surface area contributed by atoms with Crippen LogP contribution in [0.4, 0.5) is 0 Å². The van der Waals surface area contributed by atoms with E-state index in [0.29, 0.717) is 5.15 Å². The van der Waals surface area contributed by atoms with E-state index in [1.807, 2.05) is 0 Å². The maximum Gasteiger partial charge on any atom is 0.141 e. The summed E-state index contributed by atoms with van der Waals surface area (Å²) in [6.45, 7) is 9.48. The van der Waals surface area contributed by atoms with Crippen molar-refractivity contribution >= 4 is 33.2 Å². The first-order valence-corrected chi connectivity index (χ1v) is 8.46. The standard InChI is InChI=1S/C15H20ClN3OS/c1-15(2,3-4-19-5-7-20-8-6-19)12-9-11-13(16)17-10-18-14(11)21-12/h9-10H,3-8H2,1-2H3. The van der Waals surface area contributed by atoms with E-state index in [1.54, 1.807) is 11.3 Å². The van der Waals surface area contributed by atoms with Gasteiger partial charge in [0.05, 0.1) is 13.2 Å². The van der Waals surface area contributed by atoms with E-state index in [4.69, 9.17) is 16.3 Å². The zero-order valence-electron chi connectivity index (χ0n) is 12.4. The van der Waals surface area contributed by atoms with Crippen LogP contribution in [0.25, 0.3) is 10.2 Å². The minimum absolute atomic E-state index is 0.118. The van der Waals surface area contributed by atoms with Crippen LogP contribution in [0, 0.1) is 0 Å². The maximum atomic E-state index is 6.15. The Bertz CT molecular complexity index is 622. The molecule has 2 aromatic heterocycles. The van der Waals surface area contributed by atoms with Crippen LogP contribution < -0.4 is 0 Å². The third-order valence-corrected chi connectivity index (χ3v) is 5.81. The topological polar surface area (TPSA) is 38.2 Å². The third kappa shape index (κ3) is 3.37. The number of morpholine rings is 1. The zero-order chi connectivity index (χ0) is 14.9. The van der Waals surface area contributed by atoms with Gasteiger partial charge in [-0.05, 0) is 19.0 Å². The predicted octanol–water partition coefficient (Wildman–Crippen LogP) is 3.34. The van der Waals surface area contributed by atoms with Crippen molar-refractivity contribution in [3.8, 4) is 0 Å². The first-order valence-electron chi connectivity index (χ1n) is 7.27. The summed E-state index contributed by atoms with van der Waals surface area (Å²) < 4.78 is 5.40. The van der Waals surface area contributed by atoms with Crippen LogP contribution in [-0.4, -0.2) is 47.7 Å². The first-order chi connectivity index (χ1) is 10.1. The smallest absolute Gasteiger partial charge is 0.141 e. The van der Waals surface area contributed by atoms with Gasteiger partial charge in [-0.1, -0.05) is 25.4 Å². The van der Waals surface area contributed by atoms with Gasteiger partial charge in [0.2, 0.25) is 0 Å². The van der Waals surface area contributed by atoms with Crippen molar-refractivity contribution in [3.63, 3.8) is 0 Å². The average Bonchev–Trinajstić information content (AvgIpc) is 2.93. The second-order valence-corrected chi connectivity index (χ2v) is 7.47. The molecule has 0 aromatic carbocycles. The number of ether oxygens (including phenoxy) is 1. The Morgan fingerprint density at radius 1 is 1.33 bits per heavy atom. The van der Waals surface area contributed by atoms with Crippen LogP contribution in [0.15, 0.2) is 12.4 Å². The summed E-state index contributed by atoms with van der Waals surface area (Å²) in [6.07, 6.45) is 2.65. The van der Waals surface area contributed by atoms with Crippen LogP contribution in [0.2, 0.25) is 5.15 Å². The number of thiophene rings is 1. The van der Waals surface area contributed by atoms with Gasteiger partial charge < -0.3 is 4.74 Å².